The van der Waals surface area contributed by atoms with E-state index in [-0.39, 0.29) is 18.0 Å². The molecule has 0 saturated carbocycles. The quantitative estimate of drug-likeness (QED) is 0.298. The van der Waals surface area contributed by atoms with Crippen LogP contribution in [0.1, 0.15) is 21.6 Å². The standard InChI is InChI=1S/C24H15F5N2O2S/c25-19-9-4-14(10-20(19)26)12-33-18-7-5-15(6-8-18)23-31-21(13-34-23)22(32)30-17-3-1-2-16(11-17)24(27,28)29/h1-11,13H,12H2,(H,30,32). The van der Waals surface area contributed by atoms with Crippen molar-refractivity contribution in [2.75, 3.05) is 5.32 Å². The van der Waals surface area contributed by atoms with Crippen molar-refractivity contribution in [3.05, 3.63) is 101 Å². The van der Waals surface area contributed by atoms with Crippen molar-refractivity contribution in [2.45, 2.75) is 12.8 Å². The van der Waals surface area contributed by atoms with Crippen molar-refractivity contribution in [3.63, 3.8) is 0 Å². The minimum Gasteiger partial charge on any atom is -0.489 e. The maximum Gasteiger partial charge on any atom is 0.416 e. The Balaban J connectivity index is 1.39. The van der Waals surface area contributed by atoms with Crippen LogP contribution < -0.4 is 10.1 Å². The summed E-state index contributed by atoms with van der Waals surface area (Å²) in [6.07, 6.45) is -4.51. The van der Waals surface area contributed by atoms with Crippen LogP contribution in [0.15, 0.2) is 72.1 Å². The molecule has 1 heterocycles. The SMILES string of the molecule is O=C(Nc1cccc(C(F)(F)F)c1)c1csc(-c2ccc(OCc3ccc(F)c(F)c3)cc2)n1. The summed E-state index contributed by atoms with van der Waals surface area (Å²) >= 11 is 1.20. The highest BCUT2D eigenvalue weighted by Crippen LogP contribution is 2.31. The fourth-order valence-electron chi connectivity index (χ4n) is 2.97. The third-order valence-corrected chi connectivity index (χ3v) is 5.57. The predicted molar refractivity (Wildman–Crippen MR) is 118 cm³/mol. The molecular formula is C24H15F5N2O2S. The first-order chi connectivity index (χ1) is 16.2. The van der Waals surface area contributed by atoms with Crippen molar-refractivity contribution in [1.29, 1.82) is 0 Å². The normalized spacial score (nSPS) is 11.3. The van der Waals surface area contributed by atoms with Gasteiger partial charge in [-0.05, 0) is 60.2 Å². The molecule has 10 heteroatoms. The molecule has 1 aromatic heterocycles. The number of aromatic nitrogens is 1. The number of alkyl halides is 3. The maximum atomic E-state index is 13.3. The van der Waals surface area contributed by atoms with Gasteiger partial charge < -0.3 is 10.1 Å². The Hall–Kier alpha value is -3.79. The number of rotatable bonds is 6. The number of carbonyl (C=O) groups is 1. The summed E-state index contributed by atoms with van der Waals surface area (Å²) in [4.78, 5) is 16.7. The van der Waals surface area contributed by atoms with E-state index in [1.165, 1.54) is 34.9 Å². The van der Waals surface area contributed by atoms with Crippen LogP contribution in [0, 0.1) is 11.6 Å². The number of carbonyl (C=O) groups excluding carboxylic acids is 1. The zero-order valence-electron chi connectivity index (χ0n) is 17.2. The Morgan fingerprint density at radius 2 is 1.74 bits per heavy atom. The molecule has 0 fully saturated rings. The average Bonchev–Trinajstić information content (AvgIpc) is 3.30. The van der Waals surface area contributed by atoms with Crippen LogP contribution in [-0.2, 0) is 12.8 Å². The summed E-state index contributed by atoms with van der Waals surface area (Å²) in [5.74, 6) is -2.02. The van der Waals surface area contributed by atoms with E-state index in [0.717, 1.165) is 24.3 Å². The van der Waals surface area contributed by atoms with Crippen LogP contribution >= 0.6 is 11.3 Å². The second-order valence-corrected chi connectivity index (χ2v) is 7.99. The molecule has 0 saturated heterocycles. The lowest BCUT2D eigenvalue weighted by Gasteiger charge is -2.09. The lowest BCUT2D eigenvalue weighted by atomic mass is 10.2. The molecule has 0 bridgehead atoms. The van der Waals surface area contributed by atoms with Gasteiger partial charge >= 0.3 is 6.18 Å². The monoisotopic (exact) mass is 490 g/mol. The van der Waals surface area contributed by atoms with E-state index in [2.05, 4.69) is 10.3 Å². The largest absolute Gasteiger partial charge is 0.489 e. The molecule has 4 rings (SSSR count). The van der Waals surface area contributed by atoms with Gasteiger partial charge in [0.1, 0.15) is 23.1 Å². The van der Waals surface area contributed by atoms with Gasteiger partial charge in [-0.15, -0.1) is 11.3 Å². The van der Waals surface area contributed by atoms with E-state index in [1.54, 1.807) is 24.3 Å². The number of ether oxygens (including phenoxy) is 1. The smallest absolute Gasteiger partial charge is 0.416 e. The number of thiazole rings is 1. The van der Waals surface area contributed by atoms with E-state index in [0.29, 0.717) is 21.9 Å². The fourth-order valence-corrected chi connectivity index (χ4v) is 3.78. The molecule has 1 amide bonds. The van der Waals surface area contributed by atoms with Crippen molar-refractivity contribution in [1.82, 2.24) is 4.98 Å². The summed E-state index contributed by atoms with van der Waals surface area (Å²) in [6.45, 7) is 0.0493. The molecule has 0 aliphatic rings. The van der Waals surface area contributed by atoms with Gasteiger partial charge in [0, 0.05) is 16.6 Å². The first-order valence-electron chi connectivity index (χ1n) is 9.80. The summed E-state index contributed by atoms with van der Waals surface area (Å²) in [7, 11) is 0. The van der Waals surface area contributed by atoms with Gasteiger partial charge in [-0.25, -0.2) is 13.8 Å². The lowest BCUT2D eigenvalue weighted by Crippen LogP contribution is -2.13. The Bertz CT molecular complexity index is 1320. The van der Waals surface area contributed by atoms with Crippen molar-refractivity contribution in [2.24, 2.45) is 0 Å². The molecule has 4 nitrogen and oxygen atoms in total. The third kappa shape index (κ3) is 5.57. The zero-order chi connectivity index (χ0) is 24.3. The summed E-state index contributed by atoms with van der Waals surface area (Å²) < 4.78 is 70.4. The Kier molecular flexibility index (Phi) is 6.60. The maximum absolute atomic E-state index is 13.3. The van der Waals surface area contributed by atoms with Crippen LogP contribution in [0.2, 0.25) is 0 Å². The van der Waals surface area contributed by atoms with Crippen LogP contribution in [0.5, 0.6) is 5.75 Å². The van der Waals surface area contributed by atoms with Crippen LogP contribution in [0.4, 0.5) is 27.6 Å². The Labute approximate surface area is 194 Å². The van der Waals surface area contributed by atoms with Crippen LogP contribution in [-0.4, -0.2) is 10.9 Å². The van der Waals surface area contributed by atoms with Crippen LogP contribution in [0.25, 0.3) is 10.6 Å². The topological polar surface area (TPSA) is 51.2 Å². The van der Waals surface area contributed by atoms with E-state index in [9.17, 15) is 26.7 Å². The molecule has 0 unspecified atom stereocenters. The summed E-state index contributed by atoms with van der Waals surface area (Å²) in [5.41, 5.74) is 0.381. The third-order valence-electron chi connectivity index (χ3n) is 4.68. The van der Waals surface area contributed by atoms with Gasteiger partial charge in [0.2, 0.25) is 0 Å². The molecule has 34 heavy (non-hydrogen) atoms. The van der Waals surface area contributed by atoms with E-state index >= 15 is 0 Å². The Morgan fingerprint density at radius 1 is 0.971 bits per heavy atom. The molecule has 0 aliphatic heterocycles. The highest BCUT2D eigenvalue weighted by atomic mass is 32.1. The second kappa shape index (κ2) is 9.60. The Morgan fingerprint density at radius 3 is 2.44 bits per heavy atom. The van der Waals surface area contributed by atoms with E-state index in [4.69, 9.17) is 4.74 Å². The van der Waals surface area contributed by atoms with Gasteiger partial charge in [0.25, 0.3) is 5.91 Å². The minimum atomic E-state index is -4.51. The molecule has 3 aromatic carbocycles. The minimum absolute atomic E-state index is 0.0110. The lowest BCUT2D eigenvalue weighted by molar-refractivity contribution is -0.137. The molecule has 0 radical (unpaired) electrons. The van der Waals surface area contributed by atoms with Crippen molar-refractivity contribution >= 4 is 22.9 Å². The first kappa shape index (κ1) is 23.4. The fraction of sp³-hybridized carbons (Fsp3) is 0.0833. The molecule has 174 valence electrons. The number of amides is 1. The molecule has 0 atom stereocenters. The molecule has 0 spiro atoms. The second-order valence-electron chi connectivity index (χ2n) is 7.13. The van der Waals surface area contributed by atoms with Gasteiger partial charge in [0.05, 0.1) is 5.56 Å². The molecule has 0 aliphatic carbocycles. The molecule has 4 aromatic rings. The number of nitrogens with zero attached hydrogens (tertiary/aromatic N) is 1. The van der Waals surface area contributed by atoms with Gasteiger partial charge in [-0.2, -0.15) is 13.2 Å². The highest BCUT2D eigenvalue weighted by molar-refractivity contribution is 7.13. The van der Waals surface area contributed by atoms with Gasteiger partial charge in [-0.1, -0.05) is 12.1 Å². The van der Waals surface area contributed by atoms with E-state index in [1.807, 2.05) is 0 Å². The average molecular weight is 490 g/mol. The number of halogens is 5. The number of anilines is 1. The van der Waals surface area contributed by atoms with E-state index < -0.39 is 29.3 Å². The van der Waals surface area contributed by atoms with Gasteiger partial charge in [-0.3, -0.25) is 4.79 Å². The zero-order valence-corrected chi connectivity index (χ0v) is 18.0. The molecular weight excluding hydrogens is 475 g/mol. The highest BCUT2D eigenvalue weighted by Gasteiger charge is 2.30. The predicted octanol–water partition coefficient (Wildman–Crippen LogP) is 6.94. The number of nitrogens with one attached hydrogen (secondary N) is 1. The van der Waals surface area contributed by atoms with Gasteiger partial charge in [0.15, 0.2) is 11.6 Å². The summed E-state index contributed by atoms with van der Waals surface area (Å²) in [5, 5.41) is 4.45. The molecule has 1 N–H and O–H groups in total. The number of benzene rings is 3. The first-order valence-corrected chi connectivity index (χ1v) is 10.7. The number of hydrogen-bond acceptors (Lipinski definition) is 4. The summed E-state index contributed by atoms with van der Waals surface area (Å²) in [6, 6.07) is 14.6. The van der Waals surface area contributed by atoms with Crippen molar-refractivity contribution < 1.29 is 31.5 Å². The van der Waals surface area contributed by atoms with Crippen LogP contribution in [0.3, 0.4) is 0 Å². The van der Waals surface area contributed by atoms with Crippen molar-refractivity contribution in [3.8, 4) is 16.3 Å². The number of hydrogen-bond donors (Lipinski definition) is 1.